The minimum Gasteiger partial charge on any atom is -0.394 e. The Bertz CT molecular complexity index is 323. The molecule has 1 aromatic rings. The molecule has 0 saturated carbocycles. The molecule has 1 aromatic heterocycles. The van der Waals surface area contributed by atoms with E-state index >= 15 is 0 Å². The third kappa shape index (κ3) is 5.39. The van der Waals surface area contributed by atoms with Crippen LogP contribution in [0.4, 0.5) is 5.82 Å². The molecule has 0 amide bonds. The molecule has 0 saturated heterocycles. The van der Waals surface area contributed by atoms with Crippen LogP contribution in [0.25, 0.3) is 0 Å². The molecule has 4 nitrogen and oxygen atoms in total. The molecule has 1 unspecified atom stereocenters. The second-order valence-corrected chi connectivity index (χ2v) is 4.82. The Morgan fingerprint density at radius 2 is 2.35 bits per heavy atom. The van der Waals surface area contributed by atoms with Gasteiger partial charge in [-0.25, -0.2) is 4.98 Å². The summed E-state index contributed by atoms with van der Waals surface area (Å²) in [5.74, 6) is 2.25. The fourth-order valence-corrected chi connectivity index (χ4v) is 2.26. The molecular formula is C12H20N2O2S. The zero-order valence-electron chi connectivity index (χ0n) is 10.1. The van der Waals surface area contributed by atoms with Gasteiger partial charge in [0.2, 0.25) is 0 Å². The number of anilines is 1. The van der Waals surface area contributed by atoms with Crippen LogP contribution in [0.1, 0.15) is 18.9 Å². The van der Waals surface area contributed by atoms with Crippen LogP contribution in [0.2, 0.25) is 0 Å². The average Bonchev–Trinajstić information content (AvgIpc) is 2.37. The normalized spacial score (nSPS) is 12.4. The highest BCUT2D eigenvalue weighted by Gasteiger charge is 2.05. The molecule has 3 N–H and O–H groups in total. The number of pyridine rings is 1. The zero-order chi connectivity index (χ0) is 12.5. The molecule has 0 spiro atoms. The minimum atomic E-state index is -0.635. The van der Waals surface area contributed by atoms with Gasteiger partial charge in [-0.3, -0.25) is 0 Å². The summed E-state index contributed by atoms with van der Waals surface area (Å²) in [6, 6.07) is 3.94. The third-order valence-corrected chi connectivity index (χ3v) is 3.35. The predicted molar refractivity (Wildman–Crippen MR) is 72.3 cm³/mol. The van der Waals surface area contributed by atoms with Crippen molar-refractivity contribution < 1.29 is 10.2 Å². The van der Waals surface area contributed by atoms with Gasteiger partial charge in [-0.2, -0.15) is 11.8 Å². The summed E-state index contributed by atoms with van der Waals surface area (Å²) in [6.07, 6.45) is 2.20. The molecule has 5 heteroatoms. The van der Waals surface area contributed by atoms with Crippen molar-refractivity contribution in [3.8, 4) is 0 Å². The molecule has 1 atom stereocenters. The largest absolute Gasteiger partial charge is 0.394 e. The van der Waals surface area contributed by atoms with Gasteiger partial charge in [0.05, 0.1) is 12.7 Å². The molecule has 1 rings (SSSR count). The van der Waals surface area contributed by atoms with Crippen LogP contribution < -0.4 is 5.32 Å². The number of aromatic nitrogens is 1. The van der Waals surface area contributed by atoms with Crippen molar-refractivity contribution in [3.63, 3.8) is 0 Å². The molecule has 96 valence electrons. The van der Waals surface area contributed by atoms with E-state index in [9.17, 15) is 5.11 Å². The SMILES string of the molecule is CCCNc1ncccc1CSCC(O)CO. The van der Waals surface area contributed by atoms with Crippen LogP contribution in [0.15, 0.2) is 18.3 Å². The van der Waals surface area contributed by atoms with Gasteiger partial charge in [0.15, 0.2) is 0 Å². The highest BCUT2D eigenvalue weighted by atomic mass is 32.2. The average molecular weight is 256 g/mol. The zero-order valence-corrected chi connectivity index (χ0v) is 10.9. The Morgan fingerprint density at radius 1 is 1.53 bits per heavy atom. The Kier molecular flexibility index (Phi) is 7.00. The van der Waals surface area contributed by atoms with Crippen molar-refractivity contribution in [1.82, 2.24) is 4.98 Å². The molecule has 0 bridgehead atoms. The van der Waals surface area contributed by atoms with Crippen molar-refractivity contribution in [2.45, 2.75) is 25.2 Å². The van der Waals surface area contributed by atoms with Gasteiger partial charge in [0.1, 0.15) is 5.82 Å². The van der Waals surface area contributed by atoms with Crippen molar-refractivity contribution in [1.29, 1.82) is 0 Å². The number of hydrogen-bond acceptors (Lipinski definition) is 5. The topological polar surface area (TPSA) is 65.4 Å². The molecule has 0 radical (unpaired) electrons. The van der Waals surface area contributed by atoms with E-state index in [1.54, 1.807) is 18.0 Å². The molecular weight excluding hydrogens is 236 g/mol. The number of aliphatic hydroxyl groups is 2. The standard InChI is InChI=1S/C12H20N2O2S/c1-2-5-13-12-10(4-3-6-14-12)8-17-9-11(16)7-15/h3-4,6,11,15-16H,2,5,7-9H2,1H3,(H,13,14). The third-order valence-electron chi connectivity index (χ3n) is 2.21. The van der Waals surface area contributed by atoms with E-state index in [-0.39, 0.29) is 6.61 Å². The Labute approximate surface area is 106 Å². The first-order valence-corrected chi connectivity index (χ1v) is 6.97. The molecule has 0 aromatic carbocycles. The van der Waals surface area contributed by atoms with Crippen molar-refractivity contribution in [2.75, 3.05) is 24.2 Å². The monoisotopic (exact) mass is 256 g/mol. The molecule has 1 heterocycles. The van der Waals surface area contributed by atoms with Crippen LogP contribution in [-0.2, 0) is 5.75 Å². The second-order valence-electron chi connectivity index (χ2n) is 3.79. The van der Waals surface area contributed by atoms with E-state index in [0.717, 1.165) is 30.1 Å². The lowest BCUT2D eigenvalue weighted by Crippen LogP contribution is -2.14. The smallest absolute Gasteiger partial charge is 0.129 e. The number of aliphatic hydroxyl groups excluding tert-OH is 2. The summed E-state index contributed by atoms with van der Waals surface area (Å²) in [7, 11) is 0. The molecule has 0 fully saturated rings. The second kappa shape index (κ2) is 8.33. The van der Waals surface area contributed by atoms with Gasteiger partial charge >= 0.3 is 0 Å². The van der Waals surface area contributed by atoms with E-state index in [1.807, 2.05) is 12.1 Å². The Hall–Kier alpha value is -0.780. The fourth-order valence-electron chi connectivity index (χ4n) is 1.32. The van der Waals surface area contributed by atoms with E-state index in [4.69, 9.17) is 5.11 Å². The molecule has 0 aliphatic heterocycles. The molecule has 0 aliphatic rings. The lowest BCUT2D eigenvalue weighted by molar-refractivity contribution is 0.113. The van der Waals surface area contributed by atoms with Gasteiger partial charge in [-0.15, -0.1) is 0 Å². The van der Waals surface area contributed by atoms with Crippen molar-refractivity contribution in [2.24, 2.45) is 0 Å². The molecule has 17 heavy (non-hydrogen) atoms. The fraction of sp³-hybridized carbons (Fsp3) is 0.583. The summed E-state index contributed by atoms with van der Waals surface area (Å²) in [4.78, 5) is 4.30. The first-order valence-electron chi connectivity index (χ1n) is 5.82. The summed E-state index contributed by atoms with van der Waals surface area (Å²) in [5, 5.41) is 21.2. The van der Waals surface area contributed by atoms with Gasteiger partial charge in [-0.1, -0.05) is 13.0 Å². The van der Waals surface area contributed by atoms with E-state index in [2.05, 4.69) is 17.2 Å². The van der Waals surface area contributed by atoms with Gasteiger partial charge in [0, 0.05) is 29.8 Å². The van der Waals surface area contributed by atoms with Gasteiger partial charge < -0.3 is 15.5 Å². The van der Waals surface area contributed by atoms with Gasteiger partial charge in [-0.05, 0) is 12.5 Å². The Balaban J connectivity index is 2.45. The number of hydrogen-bond donors (Lipinski definition) is 3. The summed E-state index contributed by atoms with van der Waals surface area (Å²) >= 11 is 1.60. The summed E-state index contributed by atoms with van der Waals surface area (Å²) in [6.45, 7) is 2.84. The first kappa shape index (κ1) is 14.3. The lowest BCUT2D eigenvalue weighted by Gasteiger charge is -2.11. The number of rotatable bonds is 8. The van der Waals surface area contributed by atoms with Crippen LogP contribution in [-0.4, -0.2) is 40.2 Å². The molecule has 0 aliphatic carbocycles. The minimum absolute atomic E-state index is 0.180. The van der Waals surface area contributed by atoms with E-state index in [0.29, 0.717) is 5.75 Å². The van der Waals surface area contributed by atoms with Crippen LogP contribution >= 0.6 is 11.8 Å². The quantitative estimate of drug-likeness (QED) is 0.657. The van der Waals surface area contributed by atoms with Crippen LogP contribution in [0, 0.1) is 0 Å². The Morgan fingerprint density at radius 3 is 3.06 bits per heavy atom. The highest BCUT2D eigenvalue weighted by molar-refractivity contribution is 7.98. The van der Waals surface area contributed by atoms with E-state index in [1.165, 1.54) is 0 Å². The maximum Gasteiger partial charge on any atom is 0.129 e. The summed E-state index contributed by atoms with van der Waals surface area (Å²) in [5.41, 5.74) is 1.14. The highest BCUT2D eigenvalue weighted by Crippen LogP contribution is 2.19. The summed E-state index contributed by atoms with van der Waals surface area (Å²) < 4.78 is 0. The predicted octanol–water partition coefficient (Wildman–Crippen LogP) is 1.49. The van der Waals surface area contributed by atoms with E-state index < -0.39 is 6.10 Å². The maximum atomic E-state index is 9.24. The number of nitrogens with one attached hydrogen (secondary N) is 1. The van der Waals surface area contributed by atoms with Crippen LogP contribution in [0.3, 0.4) is 0 Å². The lowest BCUT2D eigenvalue weighted by atomic mass is 10.3. The first-order chi connectivity index (χ1) is 8.27. The van der Waals surface area contributed by atoms with Crippen molar-refractivity contribution in [3.05, 3.63) is 23.9 Å². The number of thioether (sulfide) groups is 1. The van der Waals surface area contributed by atoms with Gasteiger partial charge in [0.25, 0.3) is 0 Å². The van der Waals surface area contributed by atoms with Crippen LogP contribution in [0.5, 0.6) is 0 Å². The number of nitrogens with zero attached hydrogens (tertiary/aromatic N) is 1. The van der Waals surface area contributed by atoms with Crippen molar-refractivity contribution >= 4 is 17.6 Å². The maximum absolute atomic E-state index is 9.24.